The summed E-state index contributed by atoms with van der Waals surface area (Å²) < 4.78 is 35.7. The average Bonchev–Trinajstić information content (AvgIpc) is 3.65. The van der Waals surface area contributed by atoms with Gasteiger partial charge in [-0.05, 0) is 123 Å². The van der Waals surface area contributed by atoms with Gasteiger partial charge in [-0.25, -0.2) is 4.98 Å². The molecule has 0 aliphatic rings. The van der Waals surface area contributed by atoms with Crippen molar-refractivity contribution < 1.29 is 10.6 Å². The number of aryl methyl sites for hydroxylation is 1. The number of phenols is 1. The van der Waals surface area contributed by atoms with Crippen LogP contribution in [0.4, 0.5) is 0 Å². The summed E-state index contributed by atoms with van der Waals surface area (Å²) in [6.45, 7) is 16.6. The lowest BCUT2D eigenvalue weighted by molar-refractivity contribution is 0.466. The van der Waals surface area contributed by atoms with Gasteiger partial charge in [0.25, 0.3) is 0 Å². The largest absolute Gasteiger partial charge is 0.507 e. The van der Waals surface area contributed by atoms with Crippen LogP contribution in [0.3, 0.4) is 0 Å². The predicted molar refractivity (Wildman–Crippen MR) is 253 cm³/mol. The van der Waals surface area contributed by atoms with Gasteiger partial charge in [-0.15, -0.1) is 0 Å². The van der Waals surface area contributed by atoms with Crippen LogP contribution >= 0.6 is 0 Å². The third-order valence-corrected chi connectivity index (χ3v) is 11.7. The van der Waals surface area contributed by atoms with E-state index in [-0.39, 0.29) is 28.6 Å². The molecule has 0 unspecified atom stereocenters. The molecule has 0 radical (unpaired) electrons. The SMILES string of the molecule is [2H]C([2H])([2H])c1ccc(-n2c(-c3cc(C(C)C)cc(C(C)C)c3O)nc3c(-c4cc(-c5cc(-c6ccc(C([2H])(C)C)cc6)ccn5)cc(C(C)(C)C)c4)cccc32)c(-c2ccccc2)c1. The molecule has 60 heavy (non-hydrogen) atoms. The third-order valence-electron chi connectivity index (χ3n) is 11.7. The lowest BCUT2D eigenvalue weighted by Crippen LogP contribution is -2.11. The van der Waals surface area contributed by atoms with Gasteiger partial charge in [-0.2, -0.15) is 0 Å². The maximum absolute atomic E-state index is 12.2. The maximum Gasteiger partial charge on any atom is 0.149 e. The fraction of sp³-hybridized carbons (Fsp3) is 0.250. The summed E-state index contributed by atoms with van der Waals surface area (Å²) in [5.41, 5.74) is 14.4. The molecule has 8 rings (SSSR count). The molecule has 8 aromatic rings. The number of pyridine rings is 1. The monoisotopic (exact) mass is 791 g/mol. The Morgan fingerprint density at radius 1 is 0.617 bits per heavy atom. The summed E-state index contributed by atoms with van der Waals surface area (Å²) >= 11 is 0. The second-order valence-electron chi connectivity index (χ2n) is 17.9. The highest BCUT2D eigenvalue weighted by Crippen LogP contribution is 2.44. The first kappa shape index (κ1) is 35.7. The van der Waals surface area contributed by atoms with Crippen molar-refractivity contribution in [2.75, 3.05) is 0 Å². The maximum atomic E-state index is 12.2. The van der Waals surface area contributed by atoms with Gasteiger partial charge in [0, 0.05) is 28.4 Å². The quantitative estimate of drug-likeness (QED) is 0.158. The van der Waals surface area contributed by atoms with Crippen molar-refractivity contribution in [3.8, 4) is 67.5 Å². The van der Waals surface area contributed by atoms with E-state index in [2.05, 4.69) is 114 Å². The Labute approximate surface area is 362 Å². The van der Waals surface area contributed by atoms with Crippen LogP contribution in [-0.2, 0) is 5.41 Å². The number of hydrogen-bond donors (Lipinski definition) is 1. The number of phenolic OH excluding ortho intramolecular Hbond substituents is 1. The van der Waals surface area contributed by atoms with E-state index in [1.54, 1.807) is 12.1 Å². The zero-order chi connectivity index (χ0) is 45.9. The molecule has 4 heteroatoms. The molecule has 2 aromatic heterocycles. The number of imidazole rings is 1. The highest BCUT2D eigenvalue weighted by molar-refractivity contribution is 5.98. The molecule has 2 heterocycles. The van der Waals surface area contributed by atoms with Crippen LogP contribution in [0.15, 0.2) is 140 Å². The summed E-state index contributed by atoms with van der Waals surface area (Å²) in [5.74, 6) is 0.284. The van der Waals surface area contributed by atoms with Gasteiger partial charge in [0.05, 0.1) is 28.0 Å². The van der Waals surface area contributed by atoms with Crippen LogP contribution < -0.4 is 0 Å². The first-order valence-corrected chi connectivity index (χ1v) is 21.0. The van der Waals surface area contributed by atoms with Gasteiger partial charge < -0.3 is 5.11 Å². The molecule has 0 atom stereocenters. The van der Waals surface area contributed by atoms with E-state index in [1.165, 1.54) is 0 Å². The van der Waals surface area contributed by atoms with E-state index in [1.807, 2.05) is 80.7 Å². The normalized spacial score (nSPS) is 13.4. The van der Waals surface area contributed by atoms with Gasteiger partial charge in [0.15, 0.2) is 0 Å². The minimum absolute atomic E-state index is 0.0460. The van der Waals surface area contributed by atoms with Crippen molar-refractivity contribution in [2.45, 2.75) is 92.3 Å². The molecular formula is C56H57N3O. The van der Waals surface area contributed by atoms with Gasteiger partial charge in [0.1, 0.15) is 11.6 Å². The molecule has 0 amide bonds. The molecule has 302 valence electrons. The van der Waals surface area contributed by atoms with E-state index in [9.17, 15) is 5.11 Å². The van der Waals surface area contributed by atoms with Crippen LogP contribution in [0.1, 0.15) is 113 Å². The van der Waals surface area contributed by atoms with Crippen LogP contribution in [-0.4, -0.2) is 19.6 Å². The number of aromatic nitrogens is 3. The van der Waals surface area contributed by atoms with Gasteiger partial charge in [0.2, 0.25) is 0 Å². The molecule has 0 saturated carbocycles. The van der Waals surface area contributed by atoms with Crippen molar-refractivity contribution in [1.82, 2.24) is 14.5 Å². The fourth-order valence-electron chi connectivity index (χ4n) is 8.09. The average molecular weight is 792 g/mol. The molecule has 0 spiro atoms. The topological polar surface area (TPSA) is 50.9 Å². The van der Waals surface area contributed by atoms with Crippen molar-refractivity contribution in [3.63, 3.8) is 0 Å². The second-order valence-corrected chi connectivity index (χ2v) is 17.9. The van der Waals surface area contributed by atoms with Crippen LogP contribution in [0.25, 0.3) is 72.7 Å². The lowest BCUT2D eigenvalue weighted by atomic mass is 9.83. The Kier molecular flexibility index (Phi) is 9.55. The van der Waals surface area contributed by atoms with Crippen molar-refractivity contribution in [1.29, 1.82) is 0 Å². The summed E-state index contributed by atoms with van der Waals surface area (Å²) in [5, 5.41) is 12.2. The third kappa shape index (κ3) is 7.79. The number of hydrogen-bond acceptors (Lipinski definition) is 3. The highest BCUT2D eigenvalue weighted by atomic mass is 16.3. The first-order chi connectivity index (χ1) is 30.2. The standard InChI is InChI=1S/C56H57N3O/c1-34(2)38-20-22-39(23-21-38)41-25-26-57-50(33-41)44-28-43(29-45(30-44)56(8,9)10)46-17-14-18-52-53(46)58-55(49-32-42(35(3)4)31-47(36(5)6)54(49)60)59(52)51-24-19-37(7)27-48(51)40-15-12-11-13-16-40/h11-36,60H,1-10H3/i7D3,34D. The van der Waals surface area contributed by atoms with Gasteiger partial charge in [-0.1, -0.05) is 153 Å². The fourth-order valence-corrected chi connectivity index (χ4v) is 8.09. The summed E-state index contributed by atoms with van der Waals surface area (Å²) in [6, 6.07) is 44.6. The van der Waals surface area contributed by atoms with Crippen molar-refractivity contribution in [2.24, 2.45) is 0 Å². The smallest absolute Gasteiger partial charge is 0.149 e. The Balaban J connectivity index is 1.41. The van der Waals surface area contributed by atoms with Crippen LogP contribution in [0.2, 0.25) is 0 Å². The molecule has 4 nitrogen and oxygen atoms in total. The molecule has 6 aromatic carbocycles. The number of nitrogens with zero attached hydrogens (tertiary/aromatic N) is 3. The Morgan fingerprint density at radius 2 is 1.37 bits per heavy atom. The van der Waals surface area contributed by atoms with E-state index in [0.717, 1.165) is 83.6 Å². The number of aromatic hydroxyl groups is 1. The van der Waals surface area contributed by atoms with E-state index in [4.69, 9.17) is 15.5 Å². The van der Waals surface area contributed by atoms with E-state index >= 15 is 0 Å². The van der Waals surface area contributed by atoms with Gasteiger partial charge in [-0.3, -0.25) is 9.55 Å². The zero-order valence-electron chi connectivity index (χ0n) is 40.2. The molecular weight excluding hydrogens is 731 g/mol. The molecule has 1 N–H and O–H groups in total. The minimum Gasteiger partial charge on any atom is -0.507 e. The molecule has 0 fully saturated rings. The van der Waals surface area contributed by atoms with Crippen molar-refractivity contribution >= 4 is 11.0 Å². The second kappa shape index (κ2) is 16.1. The summed E-state index contributed by atoms with van der Waals surface area (Å²) in [7, 11) is 0. The molecule has 0 bridgehead atoms. The molecule has 0 aliphatic heterocycles. The van der Waals surface area contributed by atoms with E-state index in [0.29, 0.717) is 11.4 Å². The Bertz CT molecular complexity index is 3000. The molecule has 0 aliphatic carbocycles. The van der Waals surface area contributed by atoms with Crippen molar-refractivity contribution in [3.05, 3.63) is 167 Å². The number of rotatable bonds is 9. The van der Waals surface area contributed by atoms with Crippen LogP contribution in [0.5, 0.6) is 5.75 Å². The number of benzene rings is 6. The first-order valence-electron chi connectivity index (χ1n) is 23.0. The number of fused-ring (bicyclic) bond motifs is 1. The van der Waals surface area contributed by atoms with Gasteiger partial charge >= 0.3 is 0 Å². The summed E-state index contributed by atoms with van der Waals surface area (Å²) in [4.78, 5) is 10.4. The lowest BCUT2D eigenvalue weighted by Gasteiger charge is -2.22. The van der Waals surface area contributed by atoms with E-state index < -0.39 is 12.7 Å². The molecule has 0 saturated heterocycles. The van der Waals surface area contributed by atoms with Crippen LogP contribution in [0, 0.1) is 6.85 Å². The predicted octanol–water partition coefficient (Wildman–Crippen LogP) is 15.4. The minimum atomic E-state index is -2.32. The zero-order valence-corrected chi connectivity index (χ0v) is 36.2. The highest BCUT2D eigenvalue weighted by Gasteiger charge is 2.26. The number of para-hydroxylation sites is 1. The summed E-state index contributed by atoms with van der Waals surface area (Å²) in [6.07, 6.45) is 1.86. The Hall–Kier alpha value is -6.26. The Morgan fingerprint density at radius 3 is 2.05 bits per heavy atom.